The van der Waals surface area contributed by atoms with E-state index in [1.807, 2.05) is 61.3 Å². The Morgan fingerprint density at radius 1 is 1.20 bits per heavy atom. The summed E-state index contributed by atoms with van der Waals surface area (Å²) in [6.07, 6.45) is 2.50. The summed E-state index contributed by atoms with van der Waals surface area (Å²) < 4.78 is 7.49. The number of hydrogen-bond donors (Lipinski definition) is 1. The number of fused-ring (bicyclic) bond motifs is 1. The van der Waals surface area contributed by atoms with Gasteiger partial charge in [-0.05, 0) is 74.2 Å². The zero-order valence-electron chi connectivity index (χ0n) is 14.0. The maximum Gasteiger partial charge on any atom is 0.255 e. The van der Waals surface area contributed by atoms with Gasteiger partial charge in [-0.1, -0.05) is 5.16 Å². The Balaban J connectivity index is 1.48. The average molecular weight is 353 g/mol. The summed E-state index contributed by atoms with van der Waals surface area (Å²) >= 11 is 1.85. The Labute approximate surface area is 150 Å². The van der Waals surface area contributed by atoms with Crippen LogP contribution in [-0.4, -0.2) is 23.4 Å². The molecule has 3 aromatic rings. The SMILES string of the molecule is Cc1noc2ccc(NC(=O)c3ccc(N4CCCCS4)cc3)cc12. The van der Waals surface area contributed by atoms with Gasteiger partial charge in [0.1, 0.15) is 0 Å². The Morgan fingerprint density at radius 2 is 2.04 bits per heavy atom. The van der Waals surface area contributed by atoms with Crippen molar-refractivity contribution in [2.45, 2.75) is 19.8 Å². The minimum atomic E-state index is -0.119. The van der Waals surface area contributed by atoms with Crippen molar-refractivity contribution in [3.63, 3.8) is 0 Å². The first-order valence-electron chi connectivity index (χ1n) is 8.38. The number of rotatable bonds is 3. The van der Waals surface area contributed by atoms with Gasteiger partial charge in [-0.25, -0.2) is 0 Å². The van der Waals surface area contributed by atoms with Gasteiger partial charge in [-0.15, -0.1) is 0 Å². The fraction of sp³-hybridized carbons (Fsp3) is 0.263. The van der Waals surface area contributed by atoms with E-state index in [0.717, 1.165) is 40.3 Å². The van der Waals surface area contributed by atoms with Crippen molar-refractivity contribution in [2.24, 2.45) is 0 Å². The topological polar surface area (TPSA) is 58.4 Å². The van der Waals surface area contributed by atoms with E-state index in [1.54, 1.807) is 0 Å². The highest BCUT2D eigenvalue weighted by atomic mass is 32.2. The minimum absolute atomic E-state index is 0.119. The monoisotopic (exact) mass is 353 g/mol. The number of carbonyl (C=O) groups excluding carboxylic acids is 1. The van der Waals surface area contributed by atoms with Crippen LogP contribution in [0.15, 0.2) is 47.0 Å². The number of hydrogen-bond acceptors (Lipinski definition) is 5. The molecule has 1 fully saturated rings. The van der Waals surface area contributed by atoms with Crippen LogP contribution in [0.5, 0.6) is 0 Å². The van der Waals surface area contributed by atoms with Crippen LogP contribution in [0.2, 0.25) is 0 Å². The van der Waals surface area contributed by atoms with Crippen LogP contribution in [0.1, 0.15) is 28.9 Å². The van der Waals surface area contributed by atoms with Crippen molar-refractivity contribution in [1.82, 2.24) is 5.16 Å². The molecule has 4 rings (SSSR count). The first kappa shape index (κ1) is 16.0. The van der Waals surface area contributed by atoms with Gasteiger partial charge >= 0.3 is 0 Å². The van der Waals surface area contributed by atoms with Crippen LogP contribution in [0.4, 0.5) is 11.4 Å². The van der Waals surface area contributed by atoms with E-state index < -0.39 is 0 Å². The molecule has 1 amide bonds. The summed E-state index contributed by atoms with van der Waals surface area (Å²) in [6.45, 7) is 2.95. The number of anilines is 2. The molecule has 0 saturated carbocycles. The fourth-order valence-electron chi connectivity index (χ4n) is 2.92. The molecule has 2 heterocycles. The predicted octanol–water partition coefficient (Wildman–Crippen LogP) is 4.64. The number of aromatic nitrogens is 1. The molecule has 0 radical (unpaired) electrons. The summed E-state index contributed by atoms with van der Waals surface area (Å²) in [5, 5.41) is 7.79. The molecule has 25 heavy (non-hydrogen) atoms. The maximum absolute atomic E-state index is 12.5. The first-order valence-corrected chi connectivity index (χ1v) is 9.33. The van der Waals surface area contributed by atoms with Crippen molar-refractivity contribution in [2.75, 3.05) is 21.9 Å². The van der Waals surface area contributed by atoms with Crippen LogP contribution >= 0.6 is 11.9 Å². The average Bonchev–Trinajstić information content (AvgIpc) is 3.03. The van der Waals surface area contributed by atoms with Crippen molar-refractivity contribution >= 4 is 40.2 Å². The predicted molar refractivity (Wildman–Crippen MR) is 102 cm³/mol. The van der Waals surface area contributed by atoms with Crippen LogP contribution in [0, 0.1) is 6.92 Å². The van der Waals surface area contributed by atoms with Gasteiger partial charge < -0.3 is 14.1 Å². The summed E-state index contributed by atoms with van der Waals surface area (Å²) in [6, 6.07) is 13.3. The van der Waals surface area contributed by atoms with Gasteiger partial charge in [0.25, 0.3) is 5.91 Å². The van der Waals surface area contributed by atoms with Crippen LogP contribution in [0.25, 0.3) is 11.0 Å². The van der Waals surface area contributed by atoms with Gasteiger partial charge in [0, 0.05) is 34.6 Å². The second kappa shape index (κ2) is 6.80. The third-order valence-corrected chi connectivity index (χ3v) is 5.50. The first-order chi connectivity index (χ1) is 12.2. The molecule has 0 bridgehead atoms. The molecule has 0 atom stereocenters. The van der Waals surface area contributed by atoms with E-state index in [-0.39, 0.29) is 5.91 Å². The van der Waals surface area contributed by atoms with Crippen LogP contribution in [-0.2, 0) is 0 Å². The van der Waals surface area contributed by atoms with Gasteiger partial charge in [0.15, 0.2) is 5.58 Å². The van der Waals surface area contributed by atoms with E-state index in [1.165, 1.54) is 12.8 Å². The molecule has 1 saturated heterocycles. The van der Waals surface area contributed by atoms with E-state index in [4.69, 9.17) is 4.52 Å². The number of carbonyl (C=O) groups is 1. The normalized spacial score (nSPS) is 14.7. The van der Waals surface area contributed by atoms with Gasteiger partial charge in [-0.3, -0.25) is 4.79 Å². The van der Waals surface area contributed by atoms with Gasteiger partial charge in [0.05, 0.1) is 5.69 Å². The van der Waals surface area contributed by atoms with E-state index in [0.29, 0.717) is 5.56 Å². The zero-order valence-corrected chi connectivity index (χ0v) is 14.8. The van der Waals surface area contributed by atoms with Crippen molar-refractivity contribution in [3.05, 3.63) is 53.7 Å². The number of nitrogens with one attached hydrogen (secondary N) is 1. The molecule has 2 aromatic carbocycles. The number of amides is 1. The number of nitrogens with zero attached hydrogens (tertiary/aromatic N) is 2. The lowest BCUT2D eigenvalue weighted by atomic mass is 10.1. The number of aryl methyl sites for hydroxylation is 1. The molecule has 0 unspecified atom stereocenters. The molecule has 128 valence electrons. The Morgan fingerprint density at radius 3 is 2.80 bits per heavy atom. The molecule has 1 aliphatic heterocycles. The van der Waals surface area contributed by atoms with Gasteiger partial charge in [0.2, 0.25) is 0 Å². The molecule has 5 nitrogen and oxygen atoms in total. The lowest BCUT2D eigenvalue weighted by Gasteiger charge is -2.27. The summed E-state index contributed by atoms with van der Waals surface area (Å²) in [5.41, 5.74) is 4.07. The molecular weight excluding hydrogens is 334 g/mol. The lowest BCUT2D eigenvalue weighted by Crippen LogP contribution is -2.21. The standard InChI is InChI=1S/C19H19N3O2S/c1-13-17-12-15(6-9-18(17)24-21-13)20-19(23)14-4-7-16(8-5-14)22-10-2-3-11-25-22/h4-9,12H,2-3,10-11H2,1H3,(H,20,23). The molecule has 6 heteroatoms. The van der Waals surface area contributed by atoms with Crippen LogP contribution in [0.3, 0.4) is 0 Å². The fourth-order valence-corrected chi connectivity index (χ4v) is 4.00. The lowest BCUT2D eigenvalue weighted by molar-refractivity contribution is 0.102. The van der Waals surface area contributed by atoms with Crippen molar-refractivity contribution in [1.29, 1.82) is 0 Å². The molecule has 0 spiro atoms. The van der Waals surface area contributed by atoms with Crippen molar-refractivity contribution in [3.8, 4) is 0 Å². The van der Waals surface area contributed by atoms with E-state index in [9.17, 15) is 4.79 Å². The highest BCUT2D eigenvalue weighted by molar-refractivity contribution is 8.00. The largest absolute Gasteiger partial charge is 0.356 e. The van der Waals surface area contributed by atoms with Crippen molar-refractivity contribution < 1.29 is 9.32 Å². The van der Waals surface area contributed by atoms with Crippen LogP contribution < -0.4 is 9.62 Å². The van der Waals surface area contributed by atoms with Gasteiger partial charge in [-0.2, -0.15) is 0 Å². The highest BCUT2D eigenvalue weighted by Gasteiger charge is 2.13. The summed E-state index contributed by atoms with van der Waals surface area (Å²) in [4.78, 5) is 12.5. The maximum atomic E-state index is 12.5. The third-order valence-electron chi connectivity index (χ3n) is 4.33. The smallest absolute Gasteiger partial charge is 0.255 e. The third kappa shape index (κ3) is 3.35. The highest BCUT2D eigenvalue weighted by Crippen LogP contribution is 2.28. The number of benzene rings is 2. The molecule has 1 N–H and O–H groups in total. The quantitative estimate of drug-likeness (QED) is 0.695. The molecular formula is C19H19N3O2S. The van der Waals surface area contributed by atoms with E-state index in [2.05, 4.69) is 14.8 Å². The second-order valence-electron chi connectivity index (χ2n) is 6.12. The second-order valence-corrected chi connectivity index (χ2v) is 7.23. The molecule has 1 aliphatic rings. The Bertz CT molecular complexity index is 899. The molecule has 1 aromatic heterocycles. The Hall–Kier alpha value is -2.47. The zero-order chi connectivity index (χ0) is 17.2. The summed E-state index contributed by atoms with van der Waals surface area (Å²) in [7, 11) is 0. The Kier molecular flexibility index (Phi) is 4.36. The molecule has 0 aliphatic carbocycles. The minimum Gasteiger partial charge on any atom is -0.356 e. The van der Waals surface area contributed by atoms with E-state index >= 15 is 0 Å². The summed E-state index contributed by atoms with van der Waals surface area (Å²) in [5.74, 6) is 1.04.